The lowest BCUT2D eigenvalue weighted by Gasteiger charge is -1.97. The fraction of sp³-hybridized carbons (Fsp3) is 0.250. The van der Waals surface area contributed by atoms with E-state index in [-0.39, 0.29) is 0 Å². The Bertz CT molecular complexity index is 288. The van der Waals surface area contributed by atoms with Gasteiger partial charge in [-0.1, -0.05) is 0 Å². The van der Waals surface area contributed by atoms with Gasteiger partial charge in [0, 0.05) is 17.7 Å². The molecule has 2 heterocycles. The van der Waals surface area contributed by atoms with Crippen molar-refractivity contribution in [2.75, 3.05) is 5.75 Å². The Morgan fingerprint density at radius 3 is 3.18 bits per heavy atom. The number of rotatable bonds is 1. The molecule has 0 atom stereocenters. The molecule has 0 aliphatic carbocycles. The van der Waals surface area contributed by atoms with Crippen LogP contribution in [0.25, 0.3) is 5.70 Å². The molecule has 0 saturated carbocycles. The molecule has 0 spiro atoms. The zero-order chi connectivity index (χ0) is 7.52. The molecule has 7 heteroatoms. The Morgan fingerprint density at radius 1 is 1.55 bits per heavy atom. The van der Waals surface area contributed by atoms with Crippen molar-refractivity contribution in [2.24, 2.45) is 9.63 Å². The van der Waals surface area contributed by atoms with Crippen LogP contribution in [0, 0.1) is 0 Å². The van der Waals surface area contributed by atoms with Gasteiger partial charge in [0.25, 0.3) is 0 Å². The number of H-pyrrole nitrogens is 1. The quantitative estimate of drug-likeness (QED) is 0.624. The molecule has 1 aliphatic heterocycles. The van der Waals surface area contributed by atoms with Crippen molar-refractivity contribution in [1.29, 1.82) is 0 Å². The lowest BCUT2D eigenvalue weighted by molar-refractivity contribution is 0.881. The highest BCUT2D eigenvalue weighted by Gasteiger charge is 2.07. The smallest absolute Gasteiger partial charge is 0.177 e. The van der Waals surface area contributed by atoms with E-state index in [1.165, 1.54) is 11.9 Å². The summed E-state index contributed by atoms with van der Waals surface area (Å²) in [7, 11) is 0. The second-order valence-corrected chi connectivity index (χ2v) is 2.56. The molecule has 1 aliphatic rings. The molecular weight excluding hydrogens is 164 g/mol. The van der Waals surface area contributed by atoms with Crippen LogP contribution in [0.3, 0.4) is 0 Å². The van der Waals surface area contributed by atoms with E-state index in [0.717, 1.165) is 5.75 Å². The largest absolute Gasteiger partial charge is 0.224 e. The van der Waals surface area contributed by atoms with Gasteiger partial charge in [0.15, 0.2) is 0 Å². The number of nitrogens with one attached hydrogen (secondary N) is 1. The van der Waals surface area contributed by atoms with Crippen molar-refractivity contribution in [3.63, 3.8) is 0 Å². The maximum Gasteiger partial charge on any atom is 0.224 e. The molecule has 0 aromatic carbocycles. The standard InChI is InChI=1S/C4H4N6S/c1-2-11-10-5-3(1)4-6-8-9-7-4/h1H,2H2,(H,6,7,8,9). The summed E-state index contributed by atoms with van der Waals surface area (Å²) in [6.45, 7) is 0. The van der Waals surface area contributed by atoms with Gasteiger partial charge in [0.1, 0.15) is 5.70 Å². The molecule has 6 nitrogen and oxygen atoms in total. The van der Waals surface area contributed by atoms with Gasteiger partial charge < -0.3 is 0 Å². The summed E-state index contributed by atoms with van der Waals surface area (Å²) in [6, 6.07) is 0. The highest BCUT2D eigenvalue weighted by molar-refractivity contribution is 7.98. The Kier molecular flexibility index (Phi) is 1.64. The maximum absolute atomic E-state index is 3.84. The van der Waals surface area contributed by atoms with Crippen molar-refractivity contribution in [1.82, 2.24) is 20.6 Å². The summed E-state index contributed by atoms with van der Waals surface area (Å²) in [5.74, 6) is 1.31. The number of nitrogens with zero attached hydrogens (tertiary/aromatic N) is 5. The first-order valence-electron chi connectivity index (χ1n) is 2.94. The summed E-state index contributed by atoms with van der Waals surface area (Å²) < 4.78 is 3.77. The lowest BCUT2D eigenvalue weighted by atomic mass is 10.4. The molecule has 0 saturated heterocycles. The van der Waals surface area contributed by atoms with Crippen LogP contribution in [-0.4, -0.2) is 26.4 Å². The molecule has 0 fully saturated rings. The normalized spacial score (nSPS) is 16.5. The molecule has 1 aromatic heterocycles. The molecule has 2 rings (SSSR count). The third-order valence-corrected chi connectivity index (χ3v) is 1.64. The lowest BCUT2D eigenvalue weighted by Crippen LogP contribution is -1.88. The average Bonchev–Trinajstić information content (AvgIpc) is 2.58. The summed E-state index contributed by atoms with van der Waals surface area (Å²) >= 11 is 1.39. The second-order valence-electron chi connectivity index (χ2n) is 1.80. The molecule has 0 amide bonds. The van der Waals surface area contributed by atoms with Crippen LogP contribution in [0.1, 0.15) is 5.82 Å². The number of hydrogen-bond acceptors (Lipinski definition) is 6. The van der Waals surface area contributed by atoms with E-state index in [4.69, 9.17) is 0 Å². The van der Waals surface area contributed by atoms with E-state index >= 15 is 0 Å². The topological polar surface area (TPSA) is 79.2 Å². The van der Waals surface area contributed by atoms with Gasteiger partial charge >= 0.3 is 0 Å². The number of tetrazole rings is 1. The van der Waals surface area contributed by atoms with E-state index in [0.29, 0.717) is 11.5 Å². The minimum Gasteiger partial charge on any atom is -0.177 e. The van der Waals surface area contributed by atoms with Crippen molar-refractivity contribution in [3.8, 4) is 0 Å². The van der Waals surface area contributed by atoms with Crippen molar-refractivity contribution < 1.29 is 0 Å². The van der Waals surface area contributed by atoms with Gasteiger partial charge in [-0.2, -0.15) is 5.21 Å². The van der Waals surface area contributed by atoms with Crippen molar-refractivity contribution in [3.05, 3.63) is 11.9 Å². The van der Waals surface area contributed by atoms with Gasteiger partial charge in [-0.05, 0) is 11.3 Å². The first kappa shape index (κ1) is 6.47. The first-order chi connectivity index (χ1) is 5.47. The number of hydrogen-bond donors (Lipinski definition) is 1. The Labute approximate surface area is 66.3 Å². The molecular formula is C4H4N6S. The van der Waals surface area contributed by atoms with Crippen LogP contribution in [0.5, 0.6) is 0 Å². The van der Waals surface area contributed by atoms with Gasteiger partial charge in [0.2, 0.25) is 5.82 Å². The summed E-state index contributed by atoms with van der Waals surface area (Å²) in [6.07, 6.45) is 1.91. The highest BCUT2D eigenvalue weighted by atomic mass is 32.2. The molecule has 56 valence electrons. The van der Waals surface area contributed by atoms with Gasteiger partial charge in [-0.3, -0.25) is 0 Å². The van der Waals surface area contributed by atoms with Crippen LogP contribution in [-0.2, 0) is 0 Å². The third-order valence-electron chi connectivity index (χ3n) is 1.13. The van der Waals surface area contributed by atoms with E-state index in [1.807, 2.05) is 6.08 Å². The SMILES string of the molecule is C1=C(c2nn[nH]n2)N=NSC1. The minimum atomic E-state index is 0.494. The van der Waals surface area contributed by atoms with E-state index in [9.17, 15) is 0 Å². The fourth-order valence-electron chi connectivity index (χ4n) is 0.670. The van der Waals surface area contributed by atoms with Gasteiger partial charge in [-0.25, -0.2) is 0 Å². The zero-order valence-corrected chi connectivity index (χ0v) is 6.25. The number of aromatic amines is 1. The van der Waals surface area contributed by atoms with Crippen LogP contribution >= 0.6 is 11.9 Å². The van der Waals surface area contributed by atoms with Crippen LogP contribution in [0.2, 0.25) is 0 Å². The van der Waals surface area contributed by atoms with E-state index in [2.05, 4.69) is 30.3 Å². The molecule has 1 aromatic rings. The van der Waals surface area contributed by atoms with Crippen LogP contribution < -0.4 is 0 Å². The zero-order valence-electron chi connectivity index (χ0n) is 5.43. The molecule has 11 heavy (non-hydrogen) atoms. The Morgan fingerprint density at radius 2 is 2.55 bits per heavy atom. The number of aromatic nitrogens is 4. The van der Waals surface area contributed by atoms with Crippen molar-refractivity contribution in [2.45, 2.75) is 0 Å². The van der Waals surface area contributed by atoms with E-state index < -0.39 is 0 Å². The van der Waals surface area contributed by atoms with Crippen LogP contribution in [0.15, 0.2) is 15.7 Å². The fourth-order valence-corrected chi connectivity index (χ4v) is 1.11. The Balaban J connectivity index is 2.29. The monoisotopic (exact) mass is 168 g/mol. The first-order valence-corrected chi connectivity index (χ1v) is 3.88. The van der Waals surface area contributed by atoms with Gasteiger partial charge in [0.05, 0.1) is 0 Å². The molecule has 0 bridgehead atoms. The molecule has 1 N–H and O–H groups in total. The van der Waals surface area contributed by atoms with E-state index in [1.54, 1.807) is 0 Å². The maximum atomic E-state index is 3.84. The minimum absolute atomic E-state index is 0.494. The van der Waals surface area contributed by atoms with Gasteiger partial charge in [-0.15, -0.1) is 19.8 Å². The summed E-state index contributed by atoms with van der Waals surface area (Å²) in [5.41, 5.74) is 0.678. The molecule has 0 unspecified atom stereocenters. The second kappa shape index (κ2) is 2.79. The third kappa shape index (κ3) is 1.27. The predicted molar refractivity (Wildman–Crippen MR) is 39.5 cm³/mol. The predicted octanol–water partition coefficient (Wildman–Crippen LogP) is 0.655. The van der Waals surface area contributed by atoms with Crippen LogP contribution in [0.4, 0.5) is 0 Å². The van der Waals surface area contributed by atoms with Crippen molar-refractivity contribution >= 4 is 17.6 Å². The Hall–Kier alpha value is -1.24. The summed E-state index contributed by atoms with van der Waals surface area (Å²) in [4.78, 5) is 0. The average molecular weight is 168 g/mol. The molecule has 0 radical (unpaired) electrons. The summed E-state index contributed by atoms with van der Waals surface area (Å²) in [5, 5.41) is 17.1. The highest BCUT2D eigenvalue weighted by Crippen LogP contribution is 2.19.